The summed E-state index contributed by atoms with van der Waals surface area (Å²) in [6.07, 6.45) is 0.493. The molecule has 21 heavy (non-hydrogen) atoms. The summed E-state index contributed by atoms with van der Waals surface area (Å²) >= 11 is 1.08. The number of carboxylic acids is 1. The number of carbonyl (C=O) groups excluding carboxylic acids is 2. The second-order valence-corrected chi connectivity index (χ2v) is 5.18. The van der Waals surface area contributed by atoms with Crippen LogP contribution in [0.25, 0.3) is 0 Å². The third-order valence-electron chi connectivity index (χ3n) is 2.21. The number of hydrogen-bond donors (Lipinski definition) is 3. The summed E-state index contributed by atoms with van der Waals surface area (Å²) in [6, 6.07) is 0. The lowest BCUT2D eigenvalue weighted by Gasteiger charge is -2.16. The number of rotatable bonds is 7. The van der Waals surface area contributed by atoms with Crippen LogP contribution in [0.3, 0.4) is 0 Å². The van der Waals surface area contributed by atoms with Gasteiger partial charge in [-0.05, 0) is 13.8 Å². The number of nitrogens with one attached hydrogen (secondary N) is 1. The Bertz CT molecular complexity index is 581. The van der Waals surface area contributed by atoms with Crippen molar-refractivity contribution in [1.29, 1.82) is 0 Å². The van der Waals surface area contributed by atoms with Gasteiger partial charge in [0.25, 0.3) is 5.91 Å². The van der Waals surface area contributed by atoms with Crippen LogP contribution < -0.4 is 11.1 Å². The van der Waals surface area contributed by atoms with Crippen molar-refractivity contribution in [3.63, 3.8) is 0 Å². The van der Waals surface area contributed by atoms with Gasteiger partial charge < -0.3 is 25.8 Å². The third-order valence-corrected chi connectivity index (χ3v) is 2.88. The van der Waals surface area contributed by atoms with E-state index in [1.165, 1.54) is 19.2 Å². The Labute approximate surface area is 123 Å². The zero-order chi connectivity index (χ0) is 16.0. The Morgan fingerprint density at radius 3 is 2.76 bits per heavy atom. The summed E-state index contributed by atoms with van der Waals surface area (Å²) in [7, 11) is 0. The molecule has 1 rings (SSSR count). The number of aromatic nitrogens is 1. The van der Waals surface area contributed by atoms with Crippen LogP contribution in [0.4, 0.5) is 5.13 Å². The Kier molecular flexibility index (Phi) is 5.36. The first-order chi connectivity index (χ1) is 9.77. The van der Waals surface area contributed by atoms with Crippen molar-refractivity contribution < 1.29 is 24.3 Å². The van der Waals surface area contributed by atoms with Crippen LogP contribution in [0, 0.1) is 0 Å². The Balaban J connectivity index is 3.04. The number of aldehydes is 1. The van der Waals surface area contributed by atoms with Crippen molar-refractivity contribution in [2.24, 2.45) is 5.16 Å². The summed E-state index contributed by atoms with van der Waals surface area (Å²) in [5.74, 6) is -1.98. The molecule has 10 heteroatoms. The van der Waals surface area contributed by atoms with Gasteiger partial charge in [-0.1, -0.05) is 5.16 Å². The van der Waals surface area contributed by atoms with Crippen LogP contribution in [0.15, 0.2) is 10.5 Å². The highest BCUT2D eigenvalue weighted by molar-refractivity contribution is 7.13. The number of thiazole rings is 1. The van der Waals surface area contributed by atoms with Crippen LogP contribution >= 0.6 is 11.3 Å². The molecule has 0 unspecified atom stereocenters. The van der Waals surface area contributed by atoms with Gasteiger partial charge in [-0.25, -0.2) is 9.78 Å². The molecule has 0 spiro atoms. The number of nitrogen functional groups attached to an aromatic ring is 1. The van der Waals surface area contributed by atoms with Gasteiger partial charge in [0.1, 0.15) is 12.0 Å². The van der Waals surface area contributed by atoms with Gasteiger partial charge in [-0.2, -0.15) is 0 Å². The molecule has 0 bridgehead atoms. The van der Waals surface area contributed by atoms with Crippen LogP contribution in [-0.2, 0) is 19.2 Å². The molecule has 0 fully saturated rings. The molecule has 0 radical (unpaired) electrons. The molecule has 0 atom stereocenters. The summed E-state index contributed by atoms with van der Waals surface area (Å²) in [6.45, 7) is 2.32. The average molecular weight is 314 g/mol. The molecule has 1 heterocycles. The lowest BCUT2D eigenvalue weighted by molar-refractivity contribution is -0.161. The Hall–Kier alpha value is -2.49. The van der Waals surface area contributed by atoms with Gasteiger partial charge in [0.05, 0.1) is 6.54 Å². The van der Waals surface area contributed by atoms with E-state index in [9.17, 15) is 14.4 Å². The maximum Gasteiger partial charge on any atom is 0.350 e. The van der Waals surface area contributed by atoms with Gasteiger partial charge in [-0.15, -0.1) is 11.3 Å². The van der Waals surface area contributed by atoms with E-state index >= 15 is 0 Å². The van der Waals surface area contributed by atoms with E-state index in [1.807, 2.05) is 0 Å². The highest BCUT2D eigenvalue weighted by Gasteiger charge is 2.31. The first-order valence-corrected chi connectivity index (χ1v) is 6.58. The minimum absolute atomic E-state index is 0.127. The van der Waals surface area contributed by atoms with Crippen molar-refractivity contribution in [1.82, 2.24) is 10.3 Å². The highest BCUT2D eigenvalue weighted by Crippen LogP contribution is 2.15. The first kappa shape index (κ1) is 16.6. The van der Waals surface area contributed by atoms with Crippen molar-refractivity contribution in [2.45, 2.75) is 19.4 Å². The molecule has 9 nitrogen and oxygen atoms in total. The summed E-state index contributed by atoms with van der Waals surface area (Å²) in [5.41, 5.74) is 3.71. The molecule has 0 saturated heterocycles. The summed E-state index contributed by atoms with van der Waals surface area (Å²) in [4.78, 5) is 41.9. The van der Waals surface area contributed by atoms with E-state index in [4.69, 9.17) is 15.7 Å². The number of amides is 1. The molecular formula is C11H14N4O5S. The minimum atomic E-state index is -1.63. The van der Waals surface area contributed by atoms with E-state index in [1.54, 1.807) is 0 Å². The monoisotopic (exact) mass is 314 g/mol. The SMILES string of the molecule is CC(C)(ON=C(C(=O)NCC=O)c1csc(N)n1)C(=O)O. The minimum Gasteiger partial charge on any atom is -0.478 e. The molecule has 1 aromatic rings. The molecule has 0 aliphatic carbocycles. The number of hydrogen-bond acceptors (Lipinski definition) is 8. The molecule has 114 valence electrons. The van der Waals surface area contributed by atoms with Crippen LogP contribution in [0.2, 0.25) is 0 Å². The lowest BCUT2D eigenvalue weighted by atomic mass is 10.1. The van der Waals surface area contributed by atoms with Crippen LogP contribution in [0.5, 0.6) is 0 Å². The van der Waals surface area contributed by atoms with Gasteiger partial charge in [-0.3, -0.25) is 4.79 Å². The summed E-state index contributed by atoms with van der Waals surface area (Å²) < 4.78 is 0. The second kappa shape index (κ2) is 6.79. The van der Waals surface area contributed by atoms with Crippen LogP contribution in [-0.4, -0.2) is 46.1 Å². The molecule has 4 N–H and O–H groups in total. The van der Waals surface area contributed by atoms with Gasteiger partial charge in [0.15, 0.2) is 10.8 Å². The molecule has 1 aromatic heterocycles. The molecule has 0 saturated carbocycles. The zero-order valence-corrected chi connectivity index (χ0v) is 12.1. The molecule has 0 aromatic carbocycles. The van der Waals surface area contributed by atoms with Crippen molar-refractivity contribution in [2.75, 3.05) is 12.3 Å². The number of oxime groups is 1. The number of nitrogens with two attached hydrogens (primary N) is 1. The second-order valence-electron chi connectivity index (χ2n) is 4.29. The number of carbonyl (C=O) groups is 3. The van der Waals surface area contributed by atoms with E-state index in [2.05, 4.69) is 15.5 Å². The molecule has 0 aliphatic heterocycles. The Morgan fingerprint density at radius 2 is 2.29 bits per heavy atom. The quantitative estimate of drug-likeness (QED) is 0.353. The maximum atomic E-state index is 11.9. The normalized spacial score (nSPS) is 11.8. The summed E-state index contributed by atoms with van der Waals surface area (Å²) in [5, 5.41) is 16.4. The largest absolute Gasteiger partial charge is 0.478 e. The van der Waals surface area contributed by atoms with Crippen molar-refractivity contribution in [3.05, 3.63) is 11.1 Å². The maximum absolute atomic E-state index is 11.9. The number of anilines is 1. The van der Waals surface area contributed by atoms with Gasteiger partial charge >= 0.3 is 5.97 Å². The average Bonchev–Trinajstić information content (AvgIpc) is 2.82. The highest BCUT2D eigenvalue weighted by atomic mass is 32.1. The third kappa shape index (κ3) is 4.53. The van der Waals surface area contributed by atoms with Crippen molar-refractivity contribution in [3.8, 4) is 0 Å². The molecular weight excluding hydrogens is 300 g/mol. The fourth-order valence-corrected chi connectivity index (χ4v) is 1.57. The number of carboxylic acid groups (broad SMARTS) is 1. The van der Waals surface area contributed by atoms with E-state index in [-0.39, 0.29) is 23.1 Å². The fourth-order valence-electron chi connectivity index (χ4n) is 1.02. The van der Waals surface area contributed by atoms with Crippen LogP contribution in [0.1, 0.15) is 19.5 Å². The number of nitrogens with zero attached hydrogens (tertiary/aromatic N) is 2. The van der Waals surface area contributed by atoms with Gasteiger partial charge in [0.2, 0.25) is 5.60 Å². The Morgan fingerprint density at radius 1 is 1.62 bits per heavy atom. The molecule has 1 amide bonds. The smallest absolute Gasteiger partial charge is 0.350 e. The lowest BCUT2D eigenvalue weighted by Crippen LogP contribution is -2.36. The van der Waals surface area contributed by atoms with E-state index < -0.39 is 17.5 Å². The fraction of sp³-hybridized carbons (Fsp3) is 0.364. The predicted octanol–water partition coefficient (Wildman–Crippen LogP) is -0.376. The van der Waals surface area contributed by atoms with E-state index in [0.717, 1.165) is 11.3 Å². The van der Waals surface area contributed by atoms with E-state index in [0.29, 0.717) is 6.29 Å². The van der Waals surface area contributed by atoms with Crippen molar-refractivity contribution >= 4 is 40.3 Å². The number of aliphatic carboxylic acids is 1. The van der Waals surface area contributed by atoms with Gasteiger partial charge in [0, 0.05) is 5.38 Å². The molecule has 0 aliphatic rings. The predicted molar refractivity (Wildman–Crippen MR) is 74.9 cm³/mol. The first-order valence-electron chi connectivity index (χ1n) is 5.70. The zero-order valence-electron chi connectivity index (χ0n) is 11.3. The topological polar surface area (TPSA) is 144 Å². The standard InChI is InChI=1S/C11H14N4O5S/c1-11(2,9(18)19)20-15-7(8(17)13-3-4-16)6-5-21-10(12)14-6/h4-5H,3H2,1-2H3,(H2,12,14)(H,13,17)(H,18,19).